The van der Waals surface area contributed by atoms with Crippen LogP contribution >= 0.6 is 12.4 Å². The van der Waals surface area contributed by atoms with E-state index < -0.39 is 0 Å². The van der Waals surface area contributed by atoms with Crippen LogP contribution in [0.5, 0.6) is 0 Å². The van der Waals surface area contributed by atoms with E-state index in [9.17, 15) is 4.79 Å². The lowest BCUT2D eigenvalue weighted by atomic mass is 9.84. The molecular formula is C14H27ClN2O. The summed E-state index contributed by atoms with van der Waals surface area (Å²) in [5.74, 6) is 0.888. The Balaban J connectivity index is 0.00000162. The molecule has 0 aromatic heterocycles. The van der Waals surface area contributed by atoms with Gasteiger partial charge in [0.1, 0.15) is 0 Å². The molecule has 3 unspecified atom stereocenters. The zero-order valence-corrected chi connectivity index (χ0v) is 12.4. The maximum absolute atomic E-state index is 12.4. The van der Waals surface area contributed by atoms with Gasteiger partial charge in [0, 0.05) is 6.04 Å². The van der Waals surface area contributed by atoms with Crippen molar-refractivity contribution in [3.8, 4) is 0 Å². The van der Waals surface area contributed by atoms with Crippen LogP contribution in [0.4, 0.5) is 0 Å². The van der Waals surface area contributed by atoms with Gasteiger partial charge in [-0.2, -0.15) is 0 Å². The van der Waals surface area contributed by atoms with E-state index in [-0.39, 0.29) is 23.9 Å². The molecule has 2 aliphatic rings. The number of nitrogens with one attached hydrogen (secondary N) is 2. The highest BCUT2D eigenvalue weighted by atomic mass is 35.5. The molecule has 1 saturated carbocycles. The van der Waals surface area contributed by atoms with Gasteiger partial charge in [-0.1, -0.05) is 26.7 Å². The highest BCUT2D eigenvalue weighted by Gasteiger charge is 2.40. The van der Waals surface area contributed by atoms with Crippen molar-refractivity contribution in [1.82, 2.24) is 10.6 Å². The fourth-order valence-electron chi connectivity index (χ4n) is 3.30. The fraction of sp³-hybridized carbons (Fsp3) is 0.929. The molecule has 106 valence electrons. The summed E-state index contributed by atoms with van der Waals surface area (Å²) in [6, 6.07) is 0.405. The van der Waals surface area contributed by atoms with Crippen LogP contribution in [0.3, 0.4) is 0 Å². The number of rotatable bonds is 3. The normalized spacial score (nSPS) is 35.9. The Morgan fingerprint density at radius 2 is 2.06 bits per heavy atom. The molecular weight excluding hydrogens is 248 g/mol. The minimum Gasteiger partial charge on any atom is -0.351 e. The molecule has 18 heavy (non-hydrogen) atoms. The molecule has 0 bridgehead atoms. The summed E-state index contributed by atoms with van der Waals surface area (Å²) in [5, 5.41) is 6.71. The Morgan fingerprint density at radius 3 is 2.61 bits per heavy atom. The van der Waals surface area contributed by atoms with Crippen molar-refractivity contribution in [3.05, 3.63) is 0 Å². The molecule has 1 aliphatic carbocycles. The zero-order chi connectivity index (χ0) is 12.3. The first-order chi connectivity index (χ1) is 8.18. The van der Waals surface area contributed by atoms with Crippen molar-refractivity contribution in [2.45, 2.75) is 70.4 Å². The number of hydrogen-bond donors (Lipinski definition) is 2. The summed E-state index contributed by atoms with van der Waals surface area (Å²) in [4.78, 5) is 12.4. The Bertz CT molecular complexity index is 277. The Labute approximate surface area is 117 Å². The van der Waals surface area contributed by atoms with E-state index >= 15 is 0 Å². The number of amides is 1. The maximum Gasteiger partial charge on any atom is 0.240 e. The topological polar surface area (TPSA) is 41.1 Å². The van der Waals surface area contributed by atoms with E-state index in [1.807, 2.05) is 0 Å². The lowest BCUT2D eigenvalue weighted by molar-refractivity contribution is -0.128. The lowest BCUT2D eigenvalue weighted by Crippen LogP contribution is -2.56. The fourth-order valence-corrected chi connectivity index (χ4v) is 3.30. The first-order valence-electron chi connectivity index (χ1n) is 7.24. The SMILES string of the molecule is CCC1(C(=O)NC2CCCCC2C)CCCN1.Cl. The van der Waals surface area contributed by atoms with Crippen LogP contribution in [-0.4, -0.2) is 24.0 Å². The van der Waals surface area contributed by atoms with Crippen molar-refractivity contribution in [1.29, 1.82) is 0 Å². The van der Waals surface area contributed by atoms with E-state index in [2.05, 4.69) is 24.5 Å². The minimum absolute atomic E-state index is 0. The average molecular weight is 275 g/mol. The van der Waals surface area contributed by atoms with Gasteiger partial charge in [0.15, 0.2) is 0 Å². The Hall–Kier alpha value is -0.280. The number of carbonyl (C=O) groups excluding carboxylic acids is 1. The van der Waals surface area contributed by atoms with Crippen molar-refractivity contribution in [2.75, 3.05) is 6.54 Å². The second-order valence-corrected chi connectivity index (χ2v) is 5.81. The van der Waals surface area contributed by atoms with Crippen molar-refractivity contribution in [2.24, 2.45) is 5.92 Å². The van der Waals surface area contributed by atoms with Crippen LogP contribution in [0.2, 0.25) is 0 Å². The van der Waals surface area contributed by atoms with Crippen molar-refractivity contribution in [3.63, 3.8) is 0 Å². The van der Waals surface area contributed by atoms with E-state index in [0.717, 1.165) is 32.2 Å². The molecule has 3 atom stereocenters. The summed E-state index contributed by atoms with van der Waals surface area (Å²) >= 11 is 0. The van der Waals surface area contributed by atoms with Gasteiger partial charge in [-0.15, -0.1) is 12.4 Å². The van der Waals surface area contributed by atoms with Crippen molar-refractivity contribution >= 4 is 18.3 Å². The molecule has 2 fully saturated rings. The van der Waals surface area contributed by atoms with Crippen LogP contribution in [0.15, 0.2) is 0 Å². The monoisotopic (exact) mass is 274 g/mol. The van der Waals surface area contributed by atoms with Crippen molar-refractivity contribution < 1.29 is 4.79 Å². The summed E-state index contributed by atoms with van der Waals surface area (Å²) < 4.78 is 0. The van der Waals surface area contributed by atoms with E-state index in [4.69, 9.17) is 0 Å². The number of carbonyl (C=O) groups is 1. The van der Waals surface area contributed by atoms with Crippen LogP contribution in [0, 0.1) is 5.92 Å². The number of hydrogen-bond acceptors (Lipinski definition) is 2. The molecule has 1 amide bonds. The second-order valence-electron chi connectivity index (χ2n) is 5.81. The quantitative estimate of drug-likeness (QED) is 0.831. The molecule has 1 heterocycles. The molecule has 2 N–H and O–H groups in total. The van der Waals surface area contributed by atoms with Gasteiger partial charge in [0.05, 0.1) is 5.54 Å². The van der Waals surface area contributed by atoms with Crippen LogP contribution in [0.1, 0.15) is 58.8 Å². The first kappa shape index (κ1) is 15.8. The zero-order valence-electron chi connectivity index (χ0n) is 11.6. The predicted molar refractivity (Wildman–Crippen MR) is 77.1 cm³/mol. The minimum atomic E-state index is -0.267. The maximum atomic E-state index is 12.4. The van der Waals surface area contributed by atoms with Gasteiger partial charge < -0.3 is 10.6 Å². The largest absolute Gasteiger partial charge is 0.351 e. The highest BCUT2D eigenvalue weighted by molar-refractivity contribution is 5.87. The third kappa shape index (κ3) is 3.18. The summed E-state index contributed by atoms with van der Waals surface area (Å²) in [6.07, 6.45) is 8.04. The van der Waals surface area contributed by atoms with Gasteiger partial charge >= 0.3 is 0 Å². The molecule has 0 radical (unpaired) electrons. The highest BCUT2D eigenvalue weighted by Crippen LogP contribution is 2.27. The Morgan fingerprint density at radius 1 is 1.33 bits per heavy atom. The Kier molecular flexibility index (Phi) is 5.93. The summed E-state index contributed by atoms with van der Waals surface area (Å²) in [5.41, 5.74) is -0.267. The van der Waals surface area contributed by atoms with E-state index in [0.29, 0.717) is 12.0 Å². The second kappa shape index (κ2) is 6.76. The molecule has 1 saturated heterocycles. The van der Waals surface area contributed by atoms with Crippen LogP contribution < -0.4 is 10.6 Å². The average Bonchev–Trinajstić information content (AvgIpc) is 2.82. The van der Waals surface area contributed by atoms with Gasteiger partial charge in [-0.05, 0) is 44.6 Å². The standard InChI is InChI=1S/C14H26N2O.ClH/c1-3-14(9-6-10-15-14)13(17)16-12-8-5-4-7-11(12)2;/h11-12,15H,3-10H2,1-2H3,(H,16,17);1H. The third-order valence-corrected chi connectivity index (χ3v) is 4.71. The lowest BCUT2D eigenvalue weighted by Gasteiger charge is -2.34. The van der Waals surface area contributed by atoms with Gasteiger partial charge in [0.2, 0.25) is 5.91 Å². The molecule has 0 aromatic carbocycles. The smallest absolute Gasteiger partial charge is 0.240 e. The van der Waals surface area contributed by atoms with Crippen LogP contribution in [-0.2, 0) is 4.79 Å². The predicted octanol–water partition coefficient (Wildman–Crippen LogP) is 2.64. The summed E-state index contributed by atoms with van der Waals surface area (Å²) in [7, 11) is 0. The molecule has 2 rings (SSSR count). The van der Waals surface area contributed by atoms with E-state index in [1.165, 1.54) is 19.3 Å². The molecule has 0 spiro atoms. The van der Waals surface area contributed by atoms with Crippen LogP contribution in [0.25, 0.3) is 0 Å². The first-order valence-corrected chi connectivity index (χ1v) is 7.24. The van der Waals surface area contributed by atoms with E-state index in [1.54, 1.807) is 0 Å². The molecule has 0 aromatic rings. The van der Waals surface area contributed by atoms with Gasteiger partial charge in [-0.3, -0.25) is 4.79 Å². The van der Waals surface area contributed by atoms with Gasteiger partial charge in [-0.25, -0.2) is 0 Å². The molecule has 1 aliphatic heterocycles. The third-order valence-electron chi connectivity index (χ3n) is 4.71. The molecule has 3 nitrogen and oxygen atoms in total. The number of halogens is 1. The molecule has 4 heteroatoms. The van der Waals surface area contributed by atoms with Gasteiger partial charge in [0.25, 0.3) is 0 Å². The summed E-state index contributed by atoms with van der Waals surface area (Å²) in [6.45, 7) is 5.37.